The monoisotopic (exact) mass is 411 g/mol. The van der Waals surface area contributed by atoms with Gasteiger partial charge in [0.25, 0.3) is 0 Å². The normalized spacial score (nSPS) is 11.0. The number of anilines is 1. The quantitative estimate of drug-likeness (QED) is 0.297. The van der Waals surface area contributed by atoms with E-state index >= 15 is 0 Å². The van der Waals surface area contributed by atoms with Gasteiger partial charge in [-0.3, -0.25) is 0 Å². The molecule has 156 valence electrons. The molecule has 0 aliphatic carbocycles. The van der Waals surface area contributed by atoms with Crippen LogP contribution in [0.2, 0.25) is 0 Å². The molecule has 0 aromatic heterocycles. The Morgan fingerprint density at radius 3 is 1.52 bits per heavy atom. The molecule has 31 heavy (non-hydrogen) atoms. The number of methoxy groups -OCH3 is 2. The maximum Gasteiger partial charge on any atom is 0.138 e. The molecule has 0 saturated carbocycles. The number of benzene rings is 4. The highest BCUT2D eigenvalue weighted by Gasteiger charge is 2.37. The maximum absolute atomic E-state index is 10.6. The summed E-state index contributed by atoms with van der Waals surface area (Å²) in [6, 6.07) is 33.4. The van der Waals surface area contributed by atoms with Crippen LogP contribution in [0.15, 0.2) is 103 Å². The molecule has 0 radical (unpaired) electrons. The van der Waals surface area contributed by atoms with Gasteiger partial charge in [0.1, 0.15) is 22.8 Å². The lowest BCUT2D eigenvalue weighted by Crippen LogP contribution is -2.38. The molecule has 4 aromatic rings. The third kappa shape index (κ3) is 3.92. The number of nitrogens with one attached hydrogen (secondary N) is 1. The molecule has 0 spiro atoms. The highest BCUT2D eigenvalue weighted by atomic mass is 16.5. The second-order valence-electron chi connectivity index (χ2n) is 7.22. The number of rotatable bonds is 7. The highest BCUT2D eigenvalue weighted by molar-refractivity contribution is 5.65. The summed E-state index contributed by atoms with van der Waals surface area (Å²) in [4.78, 5) is 0. The minimum atomic E-state index is -0.765. The molecule has 0 heterocycles. The lowest BCUT2D eigenvalue weighted by Gasteiger charge is -2.38. The fraction of sp³-hybridized carbons (Fsp3) is 0.111. The van der Waals surface area contributed by atoms with Crippen molar-refractivity contribution in [1.29, 1.82) is 0 Å². The Hall–Kier alpha value is -3.92. The van der Waals surface area contributed by atoms with Crippen LogP contribution in [0.3, 0.4) is 0 Å². The van der Waals surface area contributed by atoms with Crippen molar-refractivity contribution in [3.63, 3.8) is 0 Å². The van der Waals surface area contributed by atoms with Crippen molar-refractivity contribution in [2.75, 3.05) is 19.5 Å². The zero-order valence-electron chi connectivity index (χ0n) is 17.6. The summed E-state index contributed by atoms with van der Waals surface area (Å²) in [5.74, 6) is 1.75. The minimum Gasteiger partial charge on any atom is -0.506 e. The number of hydrogen-bond donors (Lipinski definition) is 2. The van der Waals surface area contributed by atoms with Crippen LogP contribution in [0.25, 0.3) is 0 Å². The standard InChI is InChI=1S/C27H25NO3/c1-30-23-16-12-21(13-17-23)27(20-8-4-3-5-9-20,22-14-18-24(31-2)19-15-22)28-25-10-6-7-11-26(25)29/h3-19,28-29H,1-2H3. The minimum absolute atomic E-state index is 0.185. The fourth-order valence-corrected chi connectivity index (χ4v) is 3.87. The predicted octanol–water partition coefficient (Wildman–Crippen LogP) is 5.81. The Morgan fingerprint density at radius 2 is 1.03 bits per heavy atom. The van der Waals surface area contributed by atoms with Crippen LogP contribution in [0.1, 0.15) is 16.7 Å². The molecule has 0 amide bonds. The van der Waals surface area contributed by atoms with Gasteiger partial charge in [-0.1, -0.05) is 66.7 Å². The van der Waals surface area contributed by atoms with Crippen LogP contribution < -0.4 is 14.8 Å². The molecule has 0 aliphatic rings. The van der Waals surface area contributed by atoms with Gasteiger partial charge < -0.3 is 19.9 Å². The van der Waals surface area contributed by atoms with E-state index in [-0.39, 0.29) is 5.75 Å². The largest absolute Gasteiger partial charge is 0.506 e. The summed E-state index contributed by atoms with van der Waals surface area (Å²) in [5.41, 5.74) is 2.92. The second kappa shape index (κ2) is 8.84. The molecule has 0 saturated heterocycles. The van der Waals surface area contributed by atoms with Crippen LogP contribution in [0.4, 0.5) is 5.69 Å². The molecule has 0 fully saturated rings. The van der Waals surface area contributed by atoms with Gasteiger partial charge in [0.05, 0.1) is 19.9 Å². The van der Waals surface area contributed by atoms with Gasteiger partial charge in [0, 0.05) is 0 Å². The van der Waals surface area contributed by atoms with E-state index in [2.05, 4.69) is 17.4 Å². The summed E-state index contributed by atoms with van der Waals surface area (Å²) in [7, 11) is 3.31. The van der Waals surface area contributed by atoms with E-state index in [9.17, 15) is 5.11 Å². The Bertz CT molecular complexity index is 1080. The van der Waals surface area contributed by atoms with Gasteiger partial charge in [0.15, 0.2) is 0 Å². The summed E-state index contributed by atoms with van der Waals surface area (Å²) >= 11 is 0. The van der Waals surface area contributed by atoms with Gasteiger partial charge in [-0.15, -0.1) is 0 Å². The fourth-order valence-electron chi connectivity index (χ4n) is 3.87. The first-order valence-electron chi connectivity index (χ1n) is 10.1. The summed E-state index contributed by atoms with van der Waals surface area (Å²) < 4.78 is 10.8. The average molecular weight is 412 g/mol. The molecule has 0 unspecified atom stereocenters. The number of para-hydroxylation sites is 2. The van der Waals surface area contributed by atoms with Crippen molar-refractivity contribution < 1.29 is 14.6 Å². The molecule has 4 aromatic carbocycles. The molecular formula is C27H25NO3. The molecule has 0 aliphatic heterocycles. The molecular weight excluding hydrogens is 386 g/mol. The summed E-state index contributed by atoms with van der Waals surface area (Å²) in [6.45, 7) is 0. The summed E-state index contributed by atoms with van der Waals surface area (Å²) in [6.07, 6.45) is 0. The van der Waals surface area contributed by atoms with E-state index in [1.165, 1.54) is 0 Å². The van der Waals surface area contributed by atoms with Gasteiger partial charge in [-0.25, -0.2) is 0 Å². The number of hydrogen-bond acceptors (Lipinski definition) is 4. The molecule has 0 atom stereocenters. The first kappa shape index (κ1) is 20.4. The molecule has 2 N–H and O–H groups in total. The molecule has 0 bridgehead atoms. The zero-order chi connectivity index (χ0) is 21.7. The van der Waals surface area contributed by atoms with E-state index < -0.39 is 5.54 Å². The number of ether oxygens (including phenoxy) is 2. The smallest absolute Gasteiger partial charge is 0.138 e. The highest BCUT2D eigenvalue weighted by Crippen LogP contribution is 2.42. The van der Waals surface area contributed by atoms with Gasteiger partial charge in [-0.05, 0) is 53.1 Å². The topological polar surface area (TPSA) is 50.7 Å². The number of phenols is 1. The second-order valence-corrected chi connectivity index (χ2v) is 7.22. The Balaban J connectivity index is 2.00. The average Bonchev–Trinajstić information content (AvgIpc) is 2.84. The lowest BCUT2D eigenvalue weighted by atomic mass is 9.76. The van der Waals surface area contributed by atoms with Gasteiger partial charge in [0.2, 0.25) is 0 Å². The SMILES string of the molecule is COc1ccc(C(Nc2ccccc2O)(c2ccccc2)c2ccc(OC)cc2)cc1. The molecule has 4 rings (SSSR count). The van der Waals surface area contributed by atoms with E-state index in [0.717, 1.165) is 28.2 Å². The first-order chi connectivity index (χ1) is 15.2. The van der Waals surface area contributed by atoms with Gasteiger partial charge >= 0.3 is 0 Å². The van der Waals surface area contributed by atoms with Crippen molar-refractivity contribution in [1.82, 2.24) is 0 Å². The Labute approximate surface area is 182 Å². The van der Waals surface area contributed by atoms with Crippen LogP contribution >= 0.6 is 0 Å². The number of aromatic hydroxyl groups is 1. The van der Waals surface area contributed by atoms with Gasteiger partial charge in [-0.2, -0.15) is 0 Å². The molecule has 4 nitrogen and oxygen atoms in total. The summed E-state index contributed by atoms with van der Waals surface area (Å²) in [5, 5.41) is 14.2. The lowest BCUT2D eigenvalue weighted by molar-refractivity contribution is 0.414. The van der Waals surface area contributed by atoms with E-state index in [1.807, 2.05) is 84.9 Å². The van der Waals surface area contributed by atoms with Crippen molar-refractivity contribution in [3.05, 3.63) is 120 Å². The third-order valence-electron chi connectivity index (χ3n) is 5.48. The van der Waals surface area contributed by atoms with Crippen molar-refractivity contribution in [3.8, 4) is 17.2 Å². The third-order valence-corrected chi connectivity index (χ3v) is 5.48. The Kier molecular flexibility index (Phi) is 5.80. The van der Waals surface area contributed by atoms with Crippen LogP contribution in [0.5, 0.6) is 17.2 Å². The van der Waals surface area contributed by atoms with Crippen molar-refractivity contribution in [2.24, 2.45) is 0 Å². The van der Waals surface area contributed by atoms with E-state index in [1.54, 1.807) is 20.3 Å². The van der Waals surface area contributed by atoms with E-state index in [4.69, 9.17) is 9.47 Å². The number of phenolic OH excluding ortho intramolecular Hbond substituents is 1. The predicted molar refractivity (Wildman–Crippen MR) is 124 cm³/mol. The van der Waals surface area contributed by atoms with Crippen LogP contribution in [-0.2, 0) is 5.54 Å². The van der Waals surface area contributed by atoms with Crippen molar-refractivity contribution >= 4 is 5.69 Å². The maximum atomic E-state index is 10.6. The van der Waals surface area contributed by atoms with Crippen molar-refractivity contribution in [2.45, 2.75) is 5.54 Å². The zero-order valence-corrected chi connectivity index (χ0v) is 17.6. The van der Waals surface area contributed by atoms with E-state index in [0.29, 0.717) is 5.69 Å². The first-order valence-corrected chi connectivity index (χ1v) is 10.1. The van der Waals surface area contributed by atoms with Crippen LogP contribution in [0, 0.1) is 0 Å². The Morgan fingerprint density at radius 1 is 0.581 bits per heavy atom. The van der Waals surface area contributed by atoms with Crippen LogP contribution in [-0.4, -0.2) is 19.3 Å². The molecule has 4 heteroatoms.